The van der Waals surface area contributed by atoms with Crippen LogP contribution in [0.3, 0.4) is 0 Å². The molecule has 3 heteroatoms. The van der Waals surface area contributed by atoms with Gasteiger partial charge in [0.1, 0.15) is 0 Å². The van der Waals surface area contributed by atoms with Gasteiger partial charge in [-0.25, -0.2) is 0 Å². The van der Waals surface area contributed by atoms with Crippen LogP contribution in [0.2, 0.25) is 0 Å². The van der Waals surface area contributed by atoms with Crippen molar-refractivity contribution in [2.45, 2.75) is 44.9 Å². The standard InChI is InChI=1S/C18H26N2O/c1-13-6-2-3-7-14(13)11-20-18(21)10-15-12-19-17-9-5-4-8-16(15)17/h4-5,8-9,13-15,19H,2-3,6-7,10-12H2,1H3,(H,20,21). The van der Waals surface area contributed by atoms with E-state index in [2.05, 4.69) is 35.8 Å². The number of carbonyl (C=O) groups is 1. The van der Waals surface area contributed by atoms with Gasteiger partial charge in [0.2, 0.25) is 5.91 Å². The van der Waals surface area contributed by atoms with E-state index < -0.39 is 0 Å². The molecular weight excluding hydrogens is 260 g/mol. The van der Waals surface area contributed by atoms with Crippen LogP contribution < -0.4 is 10.6 Å². The molecule has 3 unspecified atom stereocenters. The first-order chi connectivity index (χ1) is 10.2. The smallest absolute Gasteiger partial charge is 0.220 e. The number of fused-ring (bicyclic) bond motifs is 1. The maximum absolute atomic E-state index is 12.2. The first-order valence-electron chi connectivity index (χ1n) is 8.33. The number of benzene rings is 1. The largest absolute Gasteiger partial charge is 0.384 e. The number of hydrogen-bond donors (Lipinski definition) is 2. The van der Waals surface area contributed by atoms with E-state index in [1.165, 1.54) is 36.9 Å². The molecule has 21 heavy (non-hydrogen) atoms. The lowest BCUT2D eigenvalue weighted by atomic mass is 9.80. The van der Waals surface area contributed by atoms with Gasteiger partial charge in [0.15, 0.2) is 0 Å². The Labute approximate surface area is 127 Å². The minimum absolute atomic E-state index is 0.205. The molecule has 1 saturated carbocycles. The summed E-state index contributed by atoms with van der Waals surface area (Å²) in [6, 6.07) is 8.33. The van der Waals surface area contributed by atoms with Crippen molar-refractivity contribution in [2.75, 3.05) is 18.4 Å². The summed E-state index contributed by atoms with van der Waals surface area (Å²) in [5, 5.41) is 6.56. The average molecular weight is 286 g/mol. The highest BCUT2D eigenvalue weighted by Gasteiger charge is 2.25. The van der Waals surface area contributed by atoms with Gasteiger partial charge in [0.05, 0.1) is 0 Å². The zero-order valence-electron chi connectivity index (χ0n) is 12.9. The molecule has 0 radical (unpaired) electrons. The first-order valence-corrected chi connectivity index (χ1v) is 8.33. The number of nitrogens with one attached hydrogen (secondary N) is 2. The highest BCUT2D eigenvalue weighted by molar-refractivity contribution is 5.78. The van der Waals surface area contributed by atoms with Crippen LogP contribution in [0.5, 0.6) is 0 Å². The quantitative estimate of drug-likeness (QED) is 0.889. The van der Waals surface area contributed by atoms with Crippen molar-refractivity contribution in [2.24, 2.45) is 11.8 Å². The van der Waals surface area contributed by atoms with Gasteiger partial charge in [-0.3, -0.25) is 4.79 Å². The highest BCUT2D eigenvalue weighted by atomic mass is 16.1. The molecule has 2 N–H and O–H groups in total. The summed E-state index contributed by atoms with van der Waals surface area (Å²) in [5.41, 5.74) is 2.48. The summed E-state index contributed by atoms with van der Waals surface area (Å²) in [4.78, 5) is 12.2. The van der Waals surface area contributed by atoms with Crippen molar-refractivity contribution >= 4 is 11.6 Å². The summed E-state index contributed by atoms with van der Waals surface area (Å²) in [7, 11) is 0. The summed E-state index contributed by atoms with van der Waals surface area (Å²) < 4.78 is 0. The van der Waals surface area contributed by atoms with E-state index in [1.54, 1.807) is 0 Å². The van der Waals surface area contributed by atoms with Crippen molar-refractivity contribution in [1.82, 2.24) is 5.32 Å². The van der Waals surface area contributed by atoms with Crippen LogP contribution in [-0.4, -0.2) is 19.0 Å². The van der Waals surface area contributed by atoms with Crippen LogP contribution >= 0.6 is 0 Å². The van der Waals surface area contributed by atoms with Crippen LogP contribution in [0.4, 0.5) is 5.69 Å². The lowest BCUT2D eigenvalue weighted by Gasteiger charge is -2.28. The Morgan fingerprint density at radius 3 is 2.95 bits per heavy atom. The van der Waals surface area contributed by atoms with Crippen LogP contribution in [0.25, 0.3) is 0 Å². The minimum atomic E-state index is 0.205. The molecule has 0 saturated heterocycles. The molecule has 0 spiro atoms. The highest BCUT2D eigenvalue weighted by Crippen LogP contribution is 2.33. The Bertz CT molecular complexity index is 500. The Balaban J connectivity index is 1.49. The molecule has 1 aromatic carbocycles. The number of carbonyl (C=O) groups excluding carboxylic acids is 1. The third-order valence-corrected chi connectivity index (χ3v) is 5.22. The Morgan fingerprint density at radius 2 is 2.10 bits per heavy atom. The van der Waals surface area contributed by atoms with E-state index in [0.29, 0.717) is 18.3 Å². The average Bonchev–Trinajstić information content (AvgIpc) is 2.90. The second-order valence-corrected chi connectivity index (χ2v) is 6.70. The summed E-state index contributed by atoms with van der Waals surface area (Å²) in [5.74, 6) is 1.96. The molecule has 114 valence electrons. The zero-order chi connectivity index (χ0) is 14.7. The van der Waals surface area contributed by atoms with Crippen LogP contribution in [0.1, 0.15) is 50.5 Å². The molecule has 1 aliphatic heterocycles. The molecule has 3 atom stereocenters. The number of anilines is 1. The fourth-order valence-corrected chi connectivity index (χ4v) is 3.78. The van der Waals surface area contributed by atoms with E-state index in [4.69, 9.17) is 0 Å². The monoisotopic (exact) mass is 286 g/mol. The molecule has 1 amide bonds. The molecule has 1 aromatic rings. The molecule has 2 aliphatic rings. The van der Waals surface area contributed by atoms with E-state index in [1.807, 2.05) is 6.07 Å². The summed E-state index contributed by atoms with van der Waals surface area (Å²) >= 11 is 0. The molecule has 1 heterocycles. The van der Waals surface area contributed by atoms with Crippen LogP contribution in [0.15, 0.2) is 24.3 Å². The second kappa shape index (κ2) is 6.50. The SMILES string of the molecule is CC1CCCCC1CNC(=O)CC1CNc2ccccc21. The van der Waals surface area contributed by atoms with E-state index in [-0.39, 0.29) is 5.91 Å². The van der Waals surface area contributed by atoms with Gasteiger partial charge in [0.25, 0.3) is 0 Å². The number of rotatable bonds is 4. The second-order valence-electron chi connectivity index (χ2n) is 6.70. The lowest BCUT2D eigenvalue weighted by Crippen LogP contribution is -2.34. The molecule has 3 rings (SSSR count). The van der Waals surface area contributed by atoms with E-state index >= 15 is 0 Å². The first kappa shape index (κ1) is 14.4. The number of hydrogen-bond acceptors (Lipinski definition) is 2. The minimum Gasteiger partial charge on any atom is -0.384 e. The Hall–Kier alpha value is -1.51. The van der Waals surface area contributed by atoms with Gasteiger partial charge in [-0.1, -0.05) is 44.4 Å². The van der Waals surface area contributed by atoms with Crippen LogP contribution in [0, 0.1) is 11.8 Å². The van der Waals surface area contributed by atoms with Gasteiger partial charge in [-0.15, -0.1) is 0 Å². The van der Waals surface area contributed by atoms with Crippen molar-refractivity contribution in [3.8, 4) is 0 Å². The maximum Gasteiger partial charge on any atom is 0.220 e. The van der Waals surface area contributed by atoms with Gasteiger partial charge in [-0.05, 0) is 29.9 Å². The molecular formula is C18H26N2O. The Morgan fingerprint density at radius 1 is 1.29 bits per heavy atom. The fourth-order valence-electron chi connectivity index (χ4n) is 3.78. The van der Waals surface area contributed by atoms with Crippen LogP contribution in [-0.2, 0) is 4.79 Å². The van der Waals surface area contributed by atoms with Crippen molar-refractivity contribution in [3.05, 3.63) is 29.8 Å². The third-order valence-electron chi connectivity index (χ3n) is 5.22. The summed E-state index contributed by atoms with van der Waals surface area (Å²) in [6.45, 7) is 4.07. The van der Waals surface area contributed by atoms with Gasteiger partial charge in [-0.2, -0.15) is 0 Å². The molecule has 1 aliphatic carbocycles. The summed E-state index contributed by atoms with van der Waals surface area (Å²) in [6.07, 6.45) is 5.88. The predicted octanol–water partition coefficient (Wildman–Crippen LogP) is 3.53. The molecule has 0 bridgehead atoms. The predicted molar refractivity (Wildman–Crippen MR) is 86.4 cm³/mol. The lowest BCUT2D eigenvalue weighted by molar-refractivity contribution is -0.121. The third kappa shape index (κ3) is 3.39. The van der Waals surface area contributed by atoms with E-state index in [0.717, 1.165) is 19.0 Å². The Kier molecular flexibility index (Phi) is 4.47. The molecule has 0 aromatic heterocycles. The molecule has 1 fully saturated rings. The van der Waals surface area contributed by atoms with Crippen molar-refractivity contribution in [3.63, 3.8) is 0 Å². The van der Waals surface area contributed by atoms with Crippen molar-refractivity contribution in [1.29, 1.82) is 0 Å². The zero-order valence-corrected chi connectivity index (χ0v) is 12.9. The topological polar surface area (TPSA) is 41.1 Å². The van der Waals surface area contributed by atoms with Crippen molar-refractivity contribution < 1.29 is 4.79 Å². The fraction of sp³-hybridized carbons (Fsp3) is 0.611. The van der Waals surface area contributed by atoms with Gasteiger partial charge in [0, 0.05) is 31.1 Å². The normalized spacial score (nSPS) is 27.8. The number of para-hydroxylation sites is 1. The maximum atomic E-state index is 12.2. The van der Waals surface area contributed by atoms with E-state index in [9.17, 15) is 4.79 Å². The number of amides is 1. The molecule has 3 nitrogen and oxygen atoms in total. The van der Waals surface area contributed by atoms with Gasteiger partial charge >= 0.3 is 0 Å². The van der Waals surface area contributed by atoms with Gasteiger partial charge < -0.3 is 10.6 Å².